The molecule has 0 saturated carbocycles. The van der Waals surface area contributed by atoms with Gasteiger partial charge in [0.1, 0.15) is 12.4 Å². The molecule has 2 aromatic rings. The van der Waals surface area contributed by atoms with Gasteiger partial charge < -0.3 is 10.1 Å². The number of benzene rings is 2. The molecule has 25 heavy (non-hydrogen) atoms. The molecule has 1 aliphatic heterocycles. The molecule has 2 aromatic carbocycles. The maximum absolute atomic E-state index is 11.2. The summed E-state index contributed by atoms with van der Waals surface area (Å²) < 4.78 is 8.12. The van der Waals surface area contributed by atoms with Crippen molar-refractivity contribution in [2.45, 2.75) is 6.61 Å². The van der Waals surface area contributed by atoms with Gasteiger partial charge in [-0.3, -0.25) is 4.79 Å². The minimum Gasteiger partial charge on any atom is -0.487 e. The molecule has 0 aliphatic carbocycles. The number of nitrogens with one attached hydrogen (secondary N) is 1. The van der Waals surface area contributed by atoms with Crippen molar-refractivity contribution in [3.63, 3.8) is 0 Å². The summed E-state index contributed by atoms with van der Waals surface area (Å²) in [5.41, 5.74) is 1.95. The molecule has 0 unspecified atom stereocenters. The van der Waals surface area contributed by atoms with Gasteiger partial charge in [0.15, 0.2) is 5.17 Å². The standard InChI is InChI=1S/C17H13I2N3O2S/c18-13-6-12(8-20-22-17-21-15(23)10-25-17)16(14(19)7-13)24-9-11-4-2-1-3-5-11/h1-8H,9-10H2,(H,21,22,23). The Balaban J connectivity index is 1.79. The number of rotatable bonds is 5. The zero-order chi connectivity index (χ0) is 17.6. The Bertz CT molecular complexity index is 841. The molecule has 0 aromatic heterocycles. The number of amides is 1. The molecule has 0 bridgehead atoms. The Morgan fingerprint density at radius 1 is 1.24 bits per heavy atom. The van der Waals surface area contributed by atoms with Crippen LogP contribution >= 0.6 is 56.9 Å². The number of amidine groups is 1. The van der Waals surface area contributed by atoms with E-state index in [0.717, 1.165) is 24.0 Å². The molecule has 0 spiro atoms. The van der Waals surface area contributed by atoms with Gasteiger partial charge in [-0.2, -0.15) is 5.10 Å². The number of carbonyl (C=O) groups is 1. The van der Waals surface area contributed by atoms with E-state index in [9.17, 15) is 4.79 Å². The predicted octanol–water partition coefficient (Wildman–Crippen LogP) is 4.03. The van der Waals surface area contributed by atoms with E-state index in [1.807, 2.05) is 36.4 Å². The van der Waals surface area contributed by atoms with Gasteiger partial charge in [0.05, 0.1) is 15.5 Å². The minimum absolute atomic E-state index is 0.0466. The van der Waals surface area contributed by atoms with E-state index in [1.165, 1.54) is 11.8 Å². The molecular formula is C17H13I2N3O2S. The van der Waals surface area contributed by atoms with Crippen LogP contribution in [0.2, 0.25) is 0 Å². The number of carbonyl (C=O) groups excluding carboxylic acids is 1. The lowest BCUT2D eigenvalue weighted by atomic mass is 10.2. The summed E-state index contributed by atoms with van der Waals surface area (Å²) in [6, 6.07) is 14.1. The van der Waals surface area contributed by atoms with Crippen molar-refractivity contribution in [3.8, 4) is 5.75 Å². The fourth-order valence-electron chi connectivity index (χ4n) is 2.08. The maximum Gasteiger partial charge on any atom is 0.236 e. The lowest BCUT2D eigenvalue weighted by Gasteiger charge is -2.12. The van der Waals surface area contributed by atoms with E-state index in [1.54, 1.807) is 6.21 Å². The second-order valence-electron chi connectivity index (χ2n) is 5.07. The van der Waals surface area contributed by atoms with E-state index >= 15 is 0 Å². The summed E-state index contributed by atoms with van der Waals surface area (Å²) in [6.45, 7) is 0.485. The Labute approximate surface area is 177 Å². The molecule has 1 saturated heterocycles. The third kappa shape index (κ3) is 5.42. The van der Waals surface area contributed by atoms with Crippen molar-refractivity contribution in [1.29, 1.82) is 0 Å². The highest BCUT2D eigenvalue weighted by atomic mass is 127. The molecule has 5 nitrogen and oxygen atoms in total. The summed E-state index contributed by atoms with van der Waals surface area (Å²) in [4.78, 5) is 11.2. The topological polar surface area (TPSA) is 63.0 Å². The molecule has 3 rings (SSSR count). The van der Waals surface area contributed by atoms with Crippen LogP contribution in [-0.2, 0) is 11.4 Å². The zero-order valence-corrected chi connectivity index (χ0v) is 18.0. The molecule has 0 radical (unpaired) electrons. The van der Waals surface area contributed by atoms with Gasteiger partial charge in [-0.15, -0.1) is 5.10 Å². The second kappa shape index (κ2) is 8.99. The maximum atomic E-state index is 11.2. The highest BCUT2D eigenvalue weighted by Gasteiger charge is 2.16. The monoisotopic (exact) mass is 577 g/mol. The van der Waals surface area contributed by atoms with Crippen LogP contribution in [0.4, 0.5) is 0 Å². The quantitative estimate of drug-likeness (QED) is 0.332. The first-order valence-electron chi connectivity index (χ1n) is 7.31. The average Bonchev–Trinajstić information content (AvgIpc) is 3.00. The first kappa shape index (κ1) is 18.6. The second-order valence-corrected chi connectivity index (χ2v) is 8.44. The molecule has 128 valence electrons. The van der Waals surface area contributed by atoms with Crippen LogP contribution in [0.5, 0.6) is 5.75 Å². The third-order valence-electron chi connectivity index (χ3n) is 3.19. The van der Waals surface area contributed by atoms with E-state index in [2.05, 4.69) is 66.8 Å². The van der Waals surface area contributed by atoms with E-state index in [0.29, 0.717) is 17.5 Å². The highest BCUT2D eigenvalue weighted by molar-refractivity contribution is 14.1. The molecule has 1 N–H and O–H groups in total. The number of ether oxygens (including phenoxy) is 1. The summed E-state index contributed by atoms with van der Waals surface area (Å²) >= 11 is 5.86. The largest absolute Gasteiger partial charge is 0.487 e. The number of thioether (sulfide) groups is 1. The van der Waals surface area contributed by atoms with Crippen LogP contribution in [0.15, 0.2) is 52.7 Å². The van der Waals surface area contributed by atoms with Crippen molar-refractivity contribution < 1.29 is 9.53 Å². The van der Waals surface area contributed by atoms with E-state index in [4.69, 9.17) is 4.74 Å². The van der Waals surface area contributed by atoms with Crippen molar-refractivity contribution in [2.24, 2.45) is 10.2 Å². The Hall–Kier alpha value is -1.14. The first-order chi connectivity index (χ1) is 12.1. The van der Waals surface area contributed by atoms with Gasteiger partial charge in [0, 0.05) is 9.13 Å². The van der Waals surface area contributed by atoms with Crippen molar-refractivity contribution >= 4 is 74.2 Å². The molecule has 1 fully saturated rings. The van der Waals surface area contributed by atoms with Gasteiger partial charge in [-0.25, -0.2) is 0 Å². The van der Waals surface area contributed by atoms with Crippen molar-refractivity contribution in [1.82, 2.24) is 5.32 Å². The molecule has 0 atom stereocenters. The van der Waals surface area contributed by atoms with Crippen molar-refractivity contribution in [3.05, 3.63) is 60.7 Å². The number of nitrogens with zero attached hydrogens (tertiary/aromatic N) is 2. The summed E-state index contributed by atoms with van der Waals surface area (Å²) in [5, 5.41) is 11.3. The Kier molecular flexibility index (Phi) is 6.70. The van der Waals surface area contributed by atoms with Gasteiger partial charge in [-0.05, 0) is 62.9 Å². The van der Waals surface area contributed by atoms with Crippen LogP contribution in [0.25, 0.3) is 0 Å². The van der Waals surface area contributed by atoms with Crippen LogP contribution in [0, 0.1) is 7.14 Å². The summed E-state index contributed by atoms with van der Waals surface area (Å²) in [7, 11) is 0. The Morgan fingerprint density at radius 3 is 2.76 bits per heavy atom. The smallest absolute Gasteiger partial charge is 0.236 e. The lowest BCUT2D eigenvalue weighted by Crippen LogP contribution is -2.19. The fraction of sp³-hybridized carbons (Fsp3) is 0.118. The number of hydrogen-bond acceptors (Lipinski definition) is 5. The molecule has 1 heterocycles. The average molecular weight is 577 g/mol. The molecule has 8 heteroatoms. The number of hydrogen-bond donors (Lipinski definition) is 1. The SMILES string of the molecule is O=C1CSC(=NN=Cc2cc(I)cc(I)c2OCc2ccccc2)N1. The van der Waals surface area contributed by atoms with Crippen LogP contribution < -0.4 is 10.1 Å². The molecule has 1 aliphatic rings. The van der Waals surface area contributed by atoms with Gasteiger partial charge >= 0.3 is 0 Å². The minimum atomic E-state index is -0.0466. The van der Waals surface area contributed by atoms with Gasteiger partial charge in [0.2, 0.25) is 5.91 Å². The summed E-state index contributed by atoms with van der Waals surface area (Å²) in [6.07, 6.45) is 1.66. The van der Waals surface area contributed by atoms with Crippen molar-refractivity contribution in [2.75, 3.05) is 5.75 Å². The molecule has 1 amide bonds. The van der Waals surface area contributed by atoms with Gasteiger partial charge in [0.25, 0.3) is 0 Å². The molecular weight excluding hydrogens is 564 g/mol. The summed E-state index contributed by atoms with van der Waals surface area (Å²) in [5.74, 6) is 1.12. The normalized spacial score (nSPS) is 15.8. The fourth-order valence-corrected chi connectivity index (χ4v) is 4.76. The lowest BCUT2D eigenvalue weighted by molar-refractivity contribution is -0.116. The van der Waals surface area contributed by atoms with Crippen LogP contribution in [0.3, 0.4) is 0 Å². The first-order valence-corrected chi connectivity index (χ1v) is 10.5. The van der Waals surface area contributed by atoms with E-state index < -0.39 is 0 Å². The number of halogens is 2. The zero-order valence-electron chi connectivity index (χ0n) is 12.9. The van der Waals surface area contributed by atoms with Gasteiger partial charge in [-0.1, -0.05) is 42.1 Å². The van der Waals surface area contributed by atoms with E-state index in [-0.39, 0.29) is 5.91 Å². The third-order valence-corrected chi connectivity index (χ3v) is 5.48. The van der Waals surface area contributed by atoms with Crippen LogP contribution in [-0.4, -0.2) is 23.0 Å². The predicted molar refractivity (Wildman–Crippen MR) is 118 cm³/mol. The highest BCUT2D eigenvalue weighted by Crippen LogP contribution is 2.28. The van der Waals surface area contributed by atoms with Crippen LogP contribution in [0.1, 0.15) is 11.1 Å². The Morgan fingerprint density at radius 2 is 2.04 bits per heavy atom.